The fraction of sp³-hybridized carbons (Fsp3) is 0.100. The molecule has 0 N–H and O–H groups in total. The average molecular weight is 373 g/mol. The second-order valence-electron chi connectivity index (χ2n) is 5.93. The molecule has 0 amide bonds. The van der Waals surface area contributed by atoms with Crippen molar-refractivity contribution in [3.63, 3.8) is 0 Å². The van der Waals surface area contributed by atoms with Gasteiger partial charge in [-0.05, 0) is 48.9 Å². The van der Waals surface area contributed by atoms with Crippen LogP contribution in [0, 0.1) is 18.6 Å². The maximum Gasteiger partial charge on any atom is 0.264 e. The number of halogens is 2. The molecule has 0 heterocycles. The SMILES string of the molecule is Cc1ccc(CN(c2cccc(F)c2)S(=O)(=O)c2cccc(F)c2)cc1. The quantitative estimate of drug-likeness (QED) is 0.652. The highest BCUT2D eigenvalue weighted by Gasteiger charge is 2.26. The van der Waals surface area contributed by atoms with Crippen LogP contribution in [0.5, 0.6) is 0 Å². The second-order valence-corrected chi connectivity index (χ2v) is 7.80. The van der Waals surface area contributed by atoms with Gasteiger partial charge in [0.2, 0.25) is 0 Å². The first-order valence-corrected chi connectivity index (χ1v) is 9.40. The normalized spacial score (nSPS) is 11.3. The van der Waals surface area contributed by atoms with Crippen LogP contribution in [0.25, 0.3) is 0 Å². The smallest absolute Gasteiger partial charge is 0.262 e. The van der Waals surface area contributed by atoms with E-state index in [1.165, 1.54) is 36.4 Å². The Morgan fingerprint density at radius 2 is 1.46 bits per heavy atom. The second kappa shape index (κ2) is 7.25. The minimum absolute atomic E-state index is 0.00256. The molecular weight excluding hydrogens is 356 g/mol. The van der Waals surface area contributed by atoms with E-state index in [-0.39, 0.29) is 17.1 Å². The highest BCUT2D eigenvalue weighted by molar-refractivity contribution is 7.92. The van der Waals surface area contributed by atoms with Crippen LogP contribution in [-0.2, 0) is 16.6 Å². The van der Waals surface area contributed by atoms with E-state index in [0.29, 0.717) is 0 Å². The van der Waals surface area contributed by atoms with Gasteiger partial charge < -0.3 is 0 Å². The summed E-state index contributed by atoms with van der Waals surface area (Å²) in [5, 5.41) is 0. The van der Waals surface area contributed by atoms with Crippen molar-refractivity contribution in [2.45, 2.75) is 18.4 Å². The van der Waals surface area contributed by atoms with Gasteiger partial charge in [0.05, 0.1) is 17.1 Å². The minimum Gasteiger partial charge on any atom is -0.262 e. The molecule has 3 nitrogen and oxygen atoms in total. The van der Waals surface area contributed by atoms with Crippen LogP contribution >= 0.6 is 0 Å². The Hall–Kier alpha value is -2.73. The molecule has 3 rings (SSSR count). The summed E-state index contributed by atoms with van der Waals surface area (Å²) >= 11 is 0. The zero-order valence-electron chi connectivity index (χ0n) is 14.1. The lowest BCUT2D eigenvalue weighted by Gasteiger charge is -2.25. The van der Waals surface area contributed by atoms with Crippen LogP contribution in [0.1, 0.15) is 11.1 Å². The summed E-state index contributed by atoms with van der Waals surface area (Å²) in [6.07, 6.45) is 0. The Labute approximate surface area is 151 Å². The fourth-order valence-electron chi connectivity index (χ4n) is 2.56. The number of nitrogens with zero attached hydrogens (tertiary/aromatic N) is 1. The first-order chi connectivity index (χ1) is 12.4. The highest BCUT2D eigenvalue weighted by Crippen LogP contribution is 2.27. The van der Waals surface area contributed by atoms with Gasteiger partial charge >= 0.3 is 0 Å². The van der Waals surface area contributed by atoms with Gasteiger partial charge in [0, 0.05) is 0 Å². The van der Waals surface area contributed by atoms with E-state index in [0.717, 1.165) is 27.6 Å². The summed E-state index contributed by atoms with van der Waals surface area (Å²) in [5.74, 6) is -1.20. The molecule has 0 bridgehead atoms. The molecule has 0 aliphatic carbocycles. The van der Waals surface area contributed by atoms with Crippen LogP contribution in [-0.4, -0.2) is 8.42 Å². The van der Waals surface area contributed by atoms with E-state index in [9.17, 15) is 17.2 Å². The summed E-state index contributed by atoms with van der Waals surface area (Å²) < 4.78 is 54.5. The molecule has 0 aliphatic heterocycles. The van der Waals surface area contributed by atoms with Gasteiger partial charge in [-0.25, -0.2) is 17.2 Å². The van der Waals surface area contributed by atoms with Crippen LogP contribution < -0.4 is 4.31 Å². The molecule has 0 radical (unpaired) electrons. The number of aryl methyl sites for hydroxylation is 1. The van der Waals surface area contributed by atoms with Crippen molar-refractivity contribution in [2.24, 2.45) is 0 Å². The topological polar surface area (TPSA) is 37.4 Å². The van der Waals surface area contributed by atoms with Crippen molar-refractivity contribution >= 4 is 15.7 Å². The summed E-state index contributed by atoms with van der Waals surface area (Å²) in [6, 6.07) is 17.5. The Kier molecular flexibility index (Phi) is 5.04. The van der Waals surface area contributed by atoms with Crippen molar-refractivity contribution in [3.05, 3.63) is 95.6 Å². The van der Waals surface area contributed by atoms with E-state index in [4.69, 9.17) is 0 Å². The van der Waals surface area contributed by atoms with Crippen LogP contribution in [0.15, 0.2) is 77.7 Å². The van der Waals surface area contributed by atoms with Crippen molar-refractivity contribution in [3.8, 4) is 0 Å². The van der Waals surface area contributed by atoms with Gasteiger partial charge in [-0.1, -0.05) is 42.0 Å². The van der Waals surface area contributed by atoms with E-state index in [2.05, 4.69) is 0 Å². The molecule has 134 valence electrons. The molecule has 0 aromatic heterocycles. The Morgan fingerprint density at radius 3 is 2.08 bits per heavy atom. The van der Waals surface area contributed by atoms with Crippen LogP contribution in [0.2, 0.25) is 0 Å². The molecule has 0 fully saturated rings. The lowest BCUT2D eigenvalue weighted by molar-refractivity contribution is 0.585. The predicted molar refractivity (Wildman–Crippen MR) is 97.3 cm³/mol. The Bertz CT molecular complexity index is 1020. The molecule has 0 atom stereocenters. The Balaban J connectivity index is 2.09. The summed E-state index contributed by atoms with van der Waals surface area (Å²) in [4.78, 5) is -0.186. The maximum absolute atomic E-state index is 13.7. The third-order valence-corrected chi connectivity index (χ3v) is 5.70. The number of rotatable bonds is 5. The lowest BCUT2D eigenvalue weighted by atomic mass is 10.1. The molecule has 3 aromatic rings. The van der Waals surface area contributed by atoms with Gasteiger partial charge in [-0.2, -0.15) is 0 Å². The predicted octanol–water partition coefficient (Wildman–Crippen LogP) is 4.67. The average Bonchev–Trinajstić information content (AvgIpc) is 2.61. The summed E-state index contributed by atoms with van der Waals surface area (Å²) in [7, 11) is -4.08. The monoisotopic (exact) mass is 373 g/mol. The van der Waals surface area contributed by atoms with E-state index in [1.807, 2.05) is 31.2 Å². The van der Waals surface area contributed by atoms with E-state index >= 15 is 0 Å². The first kappa shape index (κ1) is 18.1. The van der Waals surface area contributed by atoms with Gasteiger partial charge in [0.15, 0.2) is 0 Å². The molecule has 0 saturated heterocycles. The highest BCUT2D eigenvalue weighted by atomic mass is 32.2. The number of anilines is 1. The van der Waals surface area contributed by atoms with E-state index < -0.39 is 21.7 Å². The number of benzene rings is 3. The lowest BCUT2D eigenvalue weighted by Crippen LogP contribution is -2.30. The molecular formula is C20H17F2NO2S. The number of sulfonamides is 1. The minimum atomic E-state index is -4.08. The fourth-order valence-corrected chi connectivity index (χ4v) is 4.04. The molecule has 0 unspecified atom stereocenters. The van der Waals surface area contributed by atoms with Gasteiger partial charge in [0.25, 0.3) is 10.0 Å². The zero-order chi connectivity index (χ0) is 18.7. The molecule has 26 heavy (non-hydrogen) atoms. The largest absolute Gasteiger partial charge is 0.264 e. The van der Waals surface area contributed by atoms with Gasteiger partial charge in [-0.15, -0.1) is 0 Å². The van der Waals surface area contributed by atoms with Crippen LogP contribution in [0.3, 0.4) is 0 Å². The third-order valence-electron chi connectivity index (χ3n) is 3.93. The van der Waals surface area contributed by atoms with Crippen LogP contribution in [0.4, 0.5) is 14.5 Å². The van der Waals surface area contributed by atoms with Crippen molar-refractivity contribution in [2.75, 3.05) is 4.31 Å². The van der Waals surface area contributed by atoms with Gasteiger partial charge in [0.1, 0.15) is 11.6 Å². The molecule has 0 saturated carbocycles. The summed E-state index contributed by atoms with van der Waals surface area (Å²) in [5.41, 5.74) is 1.95. The van der Waals surface area contributed by atoms with Crippen molar-refractivity contribution in [1.29, 1.82) is 0 Å². The van der Waals surface area contributed by atoms with Crippen molar-refractivity contribution in [1.82, 2.24) is 0 Å². The number of hydrogen-bond acceptors (Lipinski definition) is 2. The van der Waals surface area contributed by atoms with E-state index in [1.54, 1.807) is 0 Å². The standard InChI is InChI=1S/C20H17F2NO2S/c1-15-8-10-16(11-9-15)14-23(19-6-2-4-17(21)12-19)26(24,25)20-7-3-5-18(22)13-20/h2-13H,14H2,1H3. The molecule has 0 spiro atoms. The van der Waals surface area contributed by atoms with Crippen molar-refractivity contribution < 1.29 is 17.2 Å². The Morgan fingerprint density at radius 1 is 0.846 bits per heavy atom. The molecule has 3 aromatic carbocycles. The molecule has 6 heteroatoms. The molecule has 0 aliphatic rings. The maximum atomic E-state index is 13.7. The first-order valence-electron chi connectivity index (χ1n) is 7.96. The third kappa shape index (κ3) is 3.91. The summed E-state index contributed by atoms with van der Waals surface area (Å²) in [6.45, 7) is 1.93. The zero-order valence-corrected chi connectivity index (χ0v) is 14.9. The number of hydrogen-bond donors (Lipinski definition) is 0. The van der Waals surface area contributed by atoms with Gasteiger partial charge in [-0.3, -0.25) is 4.31 Å².